The van der Waals surface area contributed by atoms with Crippen LogP contribution in [0.25, 0.3) is 0 Å². The first-order valence-electron chi connectivity index (χ1n) is 4.99. The van der Waals surface area contributed by atoms with Gasteiger partial charge in [0.05, 0.1) is 0 Å². The van der Waals surface area contributed by atoms with Gasteiger partial charge in [0.15, 0.2) is 0 Å². The summed E-state index contributed by atoms with van der Waals surface area (Å²) in [6.07, 6.45) is -0.872. The fourth-order valence-corrected chi connectivity index (χ4v) is 1.07. The molecule has 0 heterocycles. The van der Waals surface area contributed by atoms with Crippen LogP contribution in [0.15, 0.2) is 30.3 Å². The summed E-state index contributed by atoms with van der Waals surface area (Å²) in [6, 6.07) is 7.90. The van der Waals surface area contributed by atoms with Crippen molar-refractivity contribution in [3.63, 3.8) is 0 Å². The minimum absolute atomic E-state index is 0.0553. The molecule has 1 aromatic rings. The average molecular weight is 238 g/mol. The van der Waals surface area contributed by atoms with Crippen LogP contribution in [-0.4, -0.2) is 28.2 Å². The maximum atomic E-state index is 11.4. The number of aliphatic carboxylic acids is 1. The predicted molar refractivity (Wildman–Crippen MR) is 59.8 cm³/mol. The molecule has 0 spiro atoms. The summed E-state index contributed by atoms with van der Waals surface area (Å²) in [5, 5.41) is 9.20. The molecule has 6 nitrogen and oxygen atoms in total. The number of ether oxygens (including phenoxy) is 1. The molecular weight excluding hydrogens is 224 g/mol. The van der Waals surface area contributed by atoms with Crippen molar-refractivity contribution in [2.45, 2.75) is 19.6 Å². The van der Waals surface area contributed by atoms with Crippen molar-refractivity contribution in [3.05, 3.63) is 35.9 Å². The molecule has 6 heteroatoms. The van der Waals surface area contributed by atoms with E-state index in [0.717, 1.165) is 5.56 Å². The number of nitrogens with two attached hydrogens (primary N) is 1. The number of hydrogen-bond acceptors (Lipinski definition) is 4. The SMILES string of the molecule is C[C@@H](C(=O)O)N(N)C(=O)OCc1ccccc1. The van der Waals surface area contributed by atoms with E-state index in [1.54, 1.807) is 12.1 Å². The highest BCUT2D eigenvalue weighted by Crippen LogP contribution is 2.03. The number of nitrogens with zero attached hydrogens (tertiary/aromatic N) is 1. The number of carbonyl (C=O) groups is 2. The van der Waals surface area contributed by atoms with Crippen LogP contribution in [0.4, 0.5) is 4.79 Å². The molecule has 0 aliphatic rings. The molecule has 0 unspecified atom stereocenters. The summed E-state index contributed by atoms with van der Waals surface area (Å²) in [5.41, 5.74) is 0.803. The second kappa shape index (κ2) is 5.86. The summed E-state index contributed by atoms with van der Waals surface area (Å²) < 4.78 is 4.86. The van der Waals surface area contributed by atoms with Gasteiger partial charge in [-0.3, -0.25) is 0 Å². The van der Waals surface area contributed by atoms with E-state index in [2.05, 4.69) is 0 Å². The van der Waals surface area contributed by atoms with Crippen LogP contribution < -0.4 is 5.84 Å². The number of hydrogen-bond donors (Lipinski definition) is 2. The Morgan fingerprint density at radius 3 is 2.53 bits per heavy atom. The van der Waals surface area contributed by atoms with Crippen molar-refractivity contribution >= 4 is 12.1 Å². The van der Waals surface area contributed by atoms with Gasteiger partial charge in [-0.15, -0.1) is 0 Å². The minimum atomic E-state index is -1.19. The van der Waals surface area contributed by atoms with Gasteiger partial charge in [-0.1, -0.05) is 30.3 Å². The zero-order valence-electron chi connectivity index (χ0n) is 9.37. The zero-order valence-corrected chi connectivity index (χ0v) is 9.37. The number of benzene rings is 1. The van der Waals surface area contributed by atoms with Crippen molar-refractivity contribution in [2.24, 2.45) is 5.84 Å². The van der Waals surface area contributed by atoms with Crippen LogP contribution in [0.2, 0.25) is 0 Å². The van der Waals surface area contributed by atoms with Crippen LogP contribution in [0.1, 0.15) is 12.5 Å². The van der Waals surface area contributed by atoms with Crippen LogP contribution in [0.3, 0.4) is 0 Å². The lowest BCUT2D eigenvalue weighted by molar-refractivity contribution is -0.142. The van der Waals surface area contributed by atoms with Gasteiger partial charge in [0.2, 0.25) is 0 Å². The van der Waals surface area contributed by atoms with Crippen LogP contribution in [0, 0.1) is 0 Å². The largest absolute Gasteiger partial charge is 0.480 e. The molecule has 0 aliphatic carbocycles. The fraction of sp³-hybridized carbons (Fsp3) is 0.273. The molecule has 3 N–H and O–H groups in total. The Bertz CT molecular complexity index is 394. The molecule has 0 fully saturated rings. The van der Waals surface area contributed by atoms with E-state index in [1.165, 1.54) is 6.92 Å². The first-order chi connectivity index (χ1) is 8.02. The second-order valence-corrected chi connectivity index (χ2v) is 3.46. The Labute approximate surface area is 98.6 Å². The first kappa shape index (κ1) is 13.0. The molecule has 17 heavy (non-hydrogen) atoms. The number of rotatable bonds is 4. The molecular formula is C11H14N2O4. The molecule has 0 bridgehead atoms. The average Bonchev–Trinajstić information content (AvgIpc) is 2.35. The Balaban J connectivity index is 2.47. The molecule has 1 aromatic carbocycles. The summed E-state index contributed by atoms with van der Waals surface area (Å²) in [5.74, 6) is 4.11. The molecule has 0 saturated heterocycles. The van der Waals surface area contributed by atoms with Gasteiger partial charge in [-0.2, -0.15) is 0 Å². The molecule has 92 valence electrons. The number of carboxylic acid groups (broad SMARTS) is 1. The molecule has 0 radical (unpaired) electrons. The minimum Gasteiger partial charge on any atom is -0.480 e. The van der Waals surface area contributed by atoms with E-state index >= 15 is 0 Å². The highest BCUT2D eigenvalue weighted by molar-refractivity contribution is 5.79. The number of carbonyl (C=O) groups excluding carboxylic acids is 1. The van der Waals surface area contributed by atoms with Crippen LogP contribution >= 0.6 is 0 Å². The Morgan fingerprint density at radius 1 is 1.41 bits per heavy atom. The highest BCUT2D eigenvalue weighted by atomic mass is 16.6. The van der Waals surface area contributed by atoms with Crippen LogP contribution in [0.5, 0.6) is 0 Å². The summed E-state index contributed by atoms with van der Waals surface area (Å²) >= 11 is 0. The van der Waals surface area contributed by atoms with Gasteiger partial charge in [-0.25, -0.2) is 20.4 Å². The summed E-state index contributed by atoms with van der Waals surface area (Å²) in [6.45, 7) is 1.35. The van der Waals surface area contributed by atoms with Crippen molar-refractivity contribution in [1.29, 1.82) is 0 Å². The number of hydrazine groups is 1. The maximum absolute atomic E-state index is 11.4. The smallest absolute Gasteiger partial charge is 0.425 e. The molecule has 1 amide bonds. The molecule has 0 aliphatic heterocycles. The quantitative estimate of drug-likeness (QED) is 0.463. The van der Waals surface area contributed by atoms with Gasteiger partial charge in [-0.05, 0) is 12.5 Å². The topological polar surface area (TPSA) is 92.9 Å². The third kappa shape index (κ3) is 3.76. The normalized spacial score (nSPS) is 11.6. The summed E-state index contributed by atoms with van der Waals surface area (Å²) in [4.78, 5) is 22.0. The van der Waals surface area contributed by atoms with Crippen molar-refractivity contribution in [2.75, 3.05) is 0 Å². The standard InChI is InChI=1S/C11H14N2O4/c1-8(10(14)15)13(12)11(16)17-7-9-5-3-2-4-6-9/h2-6,8H,7,12H2,1H3,(H,14,15)/t8-/m0/s1. The Kier molecular flexibility index (Phi) is 4.47. The third-order valence-electron chi connectivity index (χ3n) is 2.19. The van der Waals surface area contributed by atoms with Gasteiger partial charge < -0.3 is 9.84 Å². The van der Waals surface area contributed by atoms with Crippen LogP contribution in [-0.2, 0) is 16.1 Å². The fourth-order valence-electron chi connectivity index (χ4n) is 1.07. The predicted octanol–water partition coefficient (Wildman–Crippen LogP) is 0.972. The van der Waals surface area contributed by atoms with E-state index in [-0.39, 0.29) is 6.61 Å². The first-order valence-corrected chi connectivity index (χ1v) is 4.99. The molecule has 0 saturated carbocycles. The lowest BCUT2D eigenvalue weighted by Gasteiger charge is -2.19. The van der Waals surface area contributed by atoms with E-state index in [1.807, 2.05) is 18.2 Å². The van der Waals surface area contributed by atoms with Gasteiger partial charge in [0.25, 0.3) is 0 Å². The zero-order chi connectivity index (χ0) is 12.8. The third-order valence-corrected chi connectivity index (χ3v) is 2.19. The molecule has 1 atom stereocenters. The number of amides is 1. The molecule has 0 aromatic heterocycles. The Hall–Kier alpha value is -2.08. The lowest BCUT2D eigenvalue weighted by atomic mass is 10.2. The Morgan fingerprint density at radius 2 is 2.00 bits per heavy atom. The van der Waals surface area contributed by atoms with Gasteiger partial charge in [0.1, 0.15) is 12.6 Å². The second-order valence-electron chi connectivity index (χ2n) is 3.46. The van der Waals surface area contributed by atoms with Crippen molar-refractivity contribution in [3.8, 4) is 0 Å². The van der Waals surface area contributed by atoms with E-state index in [9.17, 15) is 9.59 Å². The lowest BCUT2D eigenvalue weighted by Crippen LogP contribution is -2.48. The van der Waals surface area contributed by atoms with E-state index in [0.29, 0.717) is 5.01 Å². The highest BCUT2D eigenvalue weighted by Gasteiger charge is 2.23. The molecule has 1 rings (SSSR count). The summed E-state index contributed by atoms with van der Waals surface area (Å²) in [7, 11) is 0. The monoisotopic (exact) mass is 238 g/mol. The van der Waals surface area contributed by atoms with Gasteiger partial charge in [0, 0.05) is 0 Å². The van der Waals surface area contributed by atoms with Gasteiger partial charge >= 0.3 is 12.1 Å². The maximum Gasteiger partial charge on any atom is 0.425 e. The van der Waals surface area contributed by atoms with Crippen molar-refractivity contribution in [1.82, 2.24) is 5.01 Å². The van der Waals surface area contributed by atoms with E-state index < -0.39 is 18.1 Å². The van der Waals surface area contributed by atoms with Crippen molar-refractivity contribution < 1.29 is 19.4 Å². The number of carboxylic acids is 1. The van der Waals surface area contributed by atoms with E-state index in [4.69, 9.17) is 15.7 Å².